The summed E-state index contributed by atoms with van der Waals surface area (Å²) < 4.78 is 37.1. The smallest absolute Gasteiger partial charge is 0.416 e. The first-order valence-electron chi connectivity index (χ1n) is 5.10. The van der Waals surface area contributed by atoms with Crippen LogP contribution in [0.25, 0.3) is 0 Å². The van der Waals surface area contributed by atoms with Gasteiger partial charge in [0.25, 0.3) is 0 Å². The van der Waals surface area contributed by atoms with Crippen molar-refractivity contribution >= 4 is 11.8 Å². The minimum Gasteiger partial charge on any atom is -0.507 e. The summed E-state index contributed by atoms with van der Waals surface area (Å²) in [5.74, 6) is 0.113. The van der Waals surface area contributed by atoms with Crippen LogP contribution >= 0.6 is 11.8 Å². The van der Waals surface area contributed by atoms with E-state index in [0.717, 1.165) is 12.1 Å². The maximum absolute atomic E-state index is 12.4. The zero-order valence-corrected chi connectivity index (χ0v) is 9.92. The number of halogens is 3. The summed E-state index contributed by atoms with van der Waals surface area (Å²) >= 11 is 1.22. The highest BCUT2D eigenvalue weighted by Gasteiger charge is 2.29. The second kappa shape index (κ2) is 4.94. The van der Waals surface area contributed by atoms with Gasteiger partial charge in [0.15, 0.2) is 0 Å². The Hall–Kier alpha value is -1.62. The van der Waals surface area contributed by atoms with E-state index in [4.69, 9.17) is 0 Å². The highest BCUT2D eigenvalue weighted by Crippen LogP contribution is 2.36. The van der Waals surface area contributed by atoms with Gasteiger partial charge < -0.3 is 5.11 Å². The number of benzene rings is 2. The van der Waals surface area contributed by atoms with Crippen molar-refractivity contribution in [3.63, 3.8) is 0 Å². The maximum Gasteiger partial charge on any atom is 0.416 e. The van der Waals surface area contributed by atoms with Crippen molar-refractivity contribution in [2.75, 3.05) is 0 Å². The van der Waals surface area contributed by atoms with Gasteiger partial charge in [-0.25, -0.2) is 0 Å². The normalized spacial score (nSPS) is 11.5. The van der Waals surface area contributed by atoms with Gasteiger partial charge in [-0.3, -0.25) is 0 Å². The van der Waals surface area contributed by atoms with Crippen LogP contribution in [0, 0.1) is 0 Å². The molecule has 0 bridgehead atoms. The van der Waals surface area contributed by atoms with E-state index in [2.05, 4.69) is 0 Å². The summed E-state index contributed by atoms with van der Waals surface area (Å²) in [7, 11) is 0. The Morgan fingerprint density at radius 3 is 2.06 bits per heavy atom. The predicted molar refractivity (Wildman–Crippen MR) is 63.7 cm³/mol. The second-order valence-corrected chi connectivity index (χ2v) is 4.71. The monoisotopic (exact) mass is 270 g/mol. The van der Waals surface area contributed by atoms with Crippen molar-refractivity contribution < 1.29 is 18.3 Å². The molecule has 0 heterocycles. The third-order valence-electron chi connectivity index (χ3n) is 2.27. The van der Waals surface area contributed by atoms with Gasteiger partial charge in [0.1, 0.15) is 5.75 Å². The zero-order chi connectivity index (χ0) is 13.2. The quantitative estimate of drug-likeness (QED) is 0.863. The van der Waals surface area contributed by atoms with E-state index in [-0.39, 0.29) is 5.75 Å². The van der Waals surface area contributed by atoms with Crippen molar-refractivity contribution in [3.05, 3.63) is 54.1 Å². The van der Waals surface area contributed by atoms with E-state index in [9.17, 15) is 18.3 Å². The standard InChI is InChI=1S/C13H9F3OS/c14-13(15,16)9-5-7-10(8-6-9)18-12-4-2-1-3-11(12)17/h1-8,17H. The molecule has 0 aliphatic rings. The minimum absolute atomic E-state index is 0.113. The number of aromatic hydroxyl groups is 1. The summed E-state index contributed by atoms with van der Waals surface area (Å²) in [6.07, 6.45) is -4.32. The van der Waals surface area contributed by atoms with Gasteiger partial charge in [-0.2, -0.15) is 13.2 Å². The highest BCUT2D eigenvalue weighted by atomic mass is 32.2. The number of rotatable bonds is 2. The number of alkyl halides is 3. The molecular weight excluding hydrogens is 261 g/mol. The molecule has 5 heteroatoms. The highest BCUT2D eigenvalue weighted by molar-refractivity contribution is 7.99. The van der Waals surface area contributed by atoms with Gasteiger partial charge in [0, 0.05) is 4.90 Å². The summed E-state index contributed by atoms with van der Waals surface area (Å²) in [6.45, 7) is 0. The van der Waals surface area contributed by atoms with Crippen molar-refractivity contribution in [1.29, 1.82) is 0 Å². The first-order valence-corrected chi connectivity index (χ1v) is 5.91. The van der Waals surface area contributed by atoms with Crippen LogP contribution in [0.2, 0.25) is 0 Å². The molecule has 0 atom stereocenters. The number of hydrogen-bond acceptors (Lipinski definition) is 2. The van der Waals surface area contributed by atoms with E-state index in [1.165, 1.54) is 30.0 Å². The molecule has 94 valence electrons. The molecule has 0 radical (unpaired) electrons. The Labute approximate surface area is 106 Å². The Morgan fingerprint density at radius 1 is 0.889 bits per heavy atom. The molecule has 2 aromatic rings. The molecule has 2 aromatic carbocycles. The summed E-state index contributed by atoms with van der Waals surface area (Å²) in [5, 5.41) is 9.55. The van der Waals surface area contributed by atoms with Crippen LogP contribution in [-0.4, -0.2) is 5.11 Å². The van der Waals surface area contributed by atoms with Crippen molar-refractivity contribution in [2.45, 2.75) is 16.0 Å². The van der Waals surface area contributed by atoms with Gasteiger partial charge in [0.05, 0.1) is 10.5 Å². The number of hydrogen-bond donors (Lipinski definition) is 1. The fraction of sp³-hybridized carbons (Fsp3) is 0.0769. The summed E-state index contributed by atoms with van der Waals surface area (Å²) in [6, 6.07) is 11.5. The Morgan fingerprint density at radius 2 is 1.50 bits per heavy atom. The van der Waals surface area contributed by atoms with Crippen LogP contribution in [0.3, 0.4) is 0 Å². The molecule has 0 aliphatic heterocycles. The van der Waals surface area contributed by atoms with Crippen LogP contribution in [0.15, 0.2) is 58.3 Å². The van der Waals surface area contributed by atoms with E-state index in [0.29, 0.717) is 9.79 Å². The average molecular weight is 270 g/mol. The summed E-state index contributed by atoms with van der Waals surface area (Å²) in [4.78, 5) is 1.25. The lowest BCUT2D eigenvalue weighted by Gasteiger charge is -2.08. The fourth-order valence-electron chi connectivity index (χ4n) is 1.38. The molecule has 0 aliphatic carbocycles. The molecule has 0 unspecified atom stereocenters. The molecule has 1 N–H and O–H groups in total. The summed E-state index contributed by atoms with van der Waals surface area (Å²) in [5.41, 5.74) is -0.677. The van der Waals surface area contributed by atoms with Gasteiger partial charge in [-0.1, -0.05) is 23.9 Å². The van der Waals surface area contributed by atoms with Crippen LogP contribution in [-0.2, 0) is 6.18 Å². The number of phenols is 1. The lowest BCUT2D eigenvalue weighted by Crippen LogP contribution is -2.03. The number of para-hydroxylation sites is 1. The molecule has 18 heavy (non-hydrogen) atoms. The van der Waals surface area contributed by atoms with Crippen molar-refractivity contribution in [2.24, 2.45) is 0 Å². The first-order chi connectivity index (χ1) is 8.47. The molecule has 0 saturated carbocycles. The Balaban J connectivity index is 2.19. The zero-order valence-electron chi connectivity index (χ0n) is 9.11. The SMILES string of the molecule is Oc1ccccc1Sc1ccc(C(F)(F)F)cc1. The maximum atomic E-state index is 12.4. The minimum atomic E-state index is -4.32. The predicted octanol–water partition coefficient (Wildman–Crippen LogP) is 4.56. The van der Waals surface area contributed by atoms with Gasteiger partial charge in [-0.05, 0) is 36.4 Å². The molecule has 0 fully saturated rings. The molecule has 0 saturated heterocycles. The molecule has 1 nitrogen and oxygen atoms in total. The van der Waals surface area contributed by atoms with E-state index < -0.39 is 11.7 Å². The average Bonchev–Trinajstić information content (AvgIpc) is 2.32. The fourth-order valence-corrected chi connectivity index (χ4v) is 2.23. The van der Waals surface area contributed by atoms with Crippen LogP contribution in [0.5, 0.6) is 5.75 Å². The van der Waals surface area contributed by atoms with E-state index in [1.807, 2.05) is 0 Å². The topological polar surface area (TPSA) is 20.2 Å². The number of phenolic OH excluding ortho intramolecular Hbond substituents is 1. The van der Waals surface area contributed by atoms with Crippen molar-refractivity contribution in [3.8, 4) is 5.75 Å². The van der Waals surface area contributed by atoms with Crippen LogP contribution < -0.4 is 0 Å². The van der Waals surface area contributed by atoms with Crippen LogP contribution in [0.4, 0.5) is 13.2 Å². The first kappa shape index (κ1) is 12.8. The lowest BCUT2D eigenvalue weighted by molar-refractivity contribution is -0.137. The third kappa shape index (κ3) is 2.98. The van der Waals surface area contributed by atoms with Gasteiger partial charge >= 0.3 is 6.18 Å². The van der Waals surface area contributed by atoms with E-state index >= 15 is 0 Å². The Bertz CT molecular complexity index is 535. The van der Waals surface area contributed by atoms with Gasteiger partial charge in [0.2, 0.25) is 0 Å². The molecule has 0 spiro atoms. The molecule has 2 rings (SSSR count). The second-order valence-electron chi connectivity index (χ2n) is 3.59. The third-order valence-corrected chi connectivity index (χ3v) is 3.35. The largest absolute Gasteiger partial charge is 0.507 e. The van der Waals surface area contributed by atoms with Crippen LogP contribution in [0.1, 0.15) is 5.56 Å². The molecule has 0 aromatic heterocycles. The van der Waals surface area contributed by atoms with Gasteiger partial charge in [-0.15, -0.1) is 0 Å². The molecular formula is C13H9F3OS. The van der Waals surface area contributed by atoms with E-state index in [1.54, 1.807) is 18.2 Å². The Kier molecular flexibility index (Phi) is 3.52. The lowest BCUT2D eigenvalue weighted by atomic mass is 10.2. The van der Waals surface area contributed by atoms with Crippen molar-refractivity contribution in [1.82, 2.24) is 0 Å². The molecule has 0 amide bonds.